The predicted octanol–water partition coefficient (Wildman–Crippen LogP) is 10.7. The zero-order valence-electron chi connectivity index (χ0n) is 43.8. The van der Waals surface area contributed by atoms with Gasteiger partial charge in [0.15, 0.2) is 6.10 Å². The fraction of sp³-hybridized carbons (Fsp3) is 0.404. The summed E-state index contributed by atoms with van der Waals surface area (Å²) in [6.45, 7) is 11.0. The quantitative estimate of drug-likeness (QED) is 0.0101. The zero-order chi connectivity index (χ0) is 54.7. The van der Waals surface area contributed by atoms with Gasteiger partial charge >= 0.3 is 30.0 Å². The molecule has 0 fully saturated rings. The van der Waals surface area contributed by atoms with Gasteiger partial charge in [-0.25, -0.2) is 19.2 Å². The van der Waals surface area contributed by atoms with Gasteiger partial charge in [0, 0.05) is 61.8 Å². The Morgan fingerprint density at radius 1 is 0.640 bits per heavy atom. The van der Waals surface area contributed by atoms with Crippen molar-refractivity contribution in [1.82, 2.24) is 20.9 Å². The highest BCUT2D eigenvalue weighted by atomic mass is 33.1. The molecule has 0 saturated heterocycles. The molecule has 18 heteroatoms. The van der Waals surface area contributed by atoms with Crippen LogP contribution in [0.3, 0.4) is 0 Å². The van der Waals surface area contributed by atoms with E-state index in [2.05, 4.69) is 64.3 Å². The standard InChI is InChI=1S/C57H72N4O12S2/c1-7-8-9-10-11-12-13-14-15-16-17-18-19-20-21-22-33-49(63)69-42-57(5,6)50(51(64)60-36-34-48(62)59-37-39-74-75-40-38-61-55(68)73-56(2,3)4)72-54(67)45-30-24-26-32-47(45)71-53(66)44-29-23-25-31-46(44)70-52(65)43-28-27-35-58-41-43/h8-9,11-12,14-15,17-20,23-32,35,41,50H,7,10,13,16,21-22,33-34,36-40,42H2,1-6H3,(H,59,62)(H,60,64)(H,61,68)/b9-8-,12-11-,15-14-,18-17-,20-19+/t50-/m0/s1. The Balaban J connectivity index is 1.61. The lowest BCUT2D eigenvalue weighted by molar-refractivity contribution is -0.153. The van der Waals surface area contributed by atoms with Crippen LogP contribution in [0.4, 0.5) is 4.79 Å². The van der Waals surface area contributed by atoms with Crippen LogP contribution in [0.5, 0.6) is 11.5 Å². The van der Waals surface area contributed by atoms with E-state index in [0.29, 0.717) is 37.4 Å². The van der Waals surface area contributed by atoms with Crippen LogP contribution < -0.4 is 25.4 Å². The third kappa shape index (κ3) is 26.7. The summed E-state index contributed by atoms with van der Waals surface area (Å²) in [5.41, 5.74) is -2.07. The second kappa shape index (κ2) is 35.3. The summed E-state index contributed by atoms with van der Waals surface area (Å²) < 4.78 is 27.9. The molecule has 1 heterocycles. The Hall–Kier alpha value is -6.92. The maximum atomic E-state index is 14.0. The van der Waals surface area contributed by atoms with Gasteiger partial charge < -0.3 is 39.6 Å². The number of esters is 4. The summed E-state index contributed by atoms with van der Waals surface area (Å²) in [5.74, 6) is -3.45. The maximum Gasteiger partial charge on any atom is 0.407 e. The summed E-state index contributed by atoms with van der Waals surface area (Å²) in [6.07, 6.45) is 26.4. The van der Waals surface area contributed by atoms with Crippen LogP contribution in [0, 0.1) is 5.41 Å². The number of pyridine rings is 1. The number of nitrogens with zero attached hydrogens (tertiary/aromatic N) is 1. The van der Waals surface area contributed by atoms with Gasteiger partial charge in [0.1, 0.15) is 34.8 Å². The van der Waals surface area contributed by atoms with Gasteiger partial charge in [-0.05, 0) is 95.7 Å². The van der Waals surface area contributed by atoms with Crippen LogP contribution in [0.1, 0.15) is 124 Å². The first-order valence-electron chi connectivity index (χ1n) is 24.9. The van der Waals surface area contributed by atoms with Crippen LogP contribution in [0.25, 0.3) is 0 Å². The summed E-state index contributed by atoms with van der Waals surface area (Å²) in [5, 5.41) is 8.17. The fourth-order valence-corrected chi connectivity index (χ4v) is 8.13. The number of amides is 3. The van der Waals surface area contributed by atoms with Gasteiger partial charge in [-0.15, -0.1) is 0 Å². The van der Waals surface area contributed by atoms with Crippen molar-refractivity contribution in [1.29, 1.82) is 0 Å². The smallest absolute Gasteiger partial charge is 0.407 e. The Morgan fingerprint density at radius 3 is 1.85 bits per heavy atom. The molecule has 0 aliphatic heterocycles. The number of ether oxygens (including phenoxy) is 5. The van der Waals surface area contributed by atoms with E-state index in [1.54, 1.807) is 52.8 Å². The first-order valence-corrected chi connectivity index (χ1v) is 27.4. The van der Waals surface area contributed by atoms with E-state index in [0.717, 1.165) is 25.7 Å². The Kier molecular flexibility index (Phi) is 29.4. The average Bonchev–Trinajstić information content (AvgIpc) is 3.37. The summed E-state index contributed by atoms with van der Waals surface area (Å²) in [6, 6.07) is 14.7. The number of allylic oxidation sites excluding steroid dienone is 10. The predicted molar refractivity (Wildman–Crippen MR) is 294 cm³/mol. The number of alkyl carbamates (subject to hydrolysis) is 1. The number of para-hydroxylation sites is 2. The van der Waals surface area contributed by atoms with Crippen molar-refractivity contribution in [3.8, 4) is 11.5 Å². The van der Waals surface area contributed by atoms with E-state index in [-0.39, 0.29) is 60.1 Å². The van der Waals surface area contributed by atoms with Crippen molar-refractivity contribution in [3.63, 3.8) is 0 Å². The number of aromatic nitrogens is 1. The number of nitrogens with one attached hydrogen (secondary N) is 3. The van der Waals surface area contributed by atoms with Gasteiger partial charge in [0.05, 0.1) is 5.56 Å². The minimum atomic E-state index is -1.57. The topological polar surface area (TPSA) is 215 Å². The molecule has 16 nitrogen and oxygen atoms in total. The number of hydrogen-bond acceptors (Lipinski definition) is 15. The van der Waals surface area contributed by atoms with Crippen LogP contribution in [-0.4, -0.2) is 96.2 Å². The SMILES string of the molecule is CC/C=C\C/C=C\C/C=C\C/C=C\C=C\CCCC(=O)OCC(C)(C)[C@@H](OC(=O)c1ccccc1OC(=O)c1ccccc1OC(=O)c1cccnc1)C(=O)NCCC(=O)NCCSSCCNC(=O)OC(C)(C)C. The molecule has 0 saturated carbocycles. The number of carbonyl (C=O) groups is 7. The molecule has 0 radical (unpaired) electrons. The van der Waals surface area contributed by atoms with Crippen molar-refractivity contribution in [2.45, 2.75) is 105 Å². The average molecular weight is 1070 g/mol. The molecule has 1 atom stereocenters. The molecule has 75 heavy (non-hydrogen) atoms. The largest absolute Gasteiger partial charge is 0.465 e. The Bertz CT molecular complexity index is 2450. The van der Waals surface area contributed by atoms with Crippen molar-refractivity contribution in [2.24, 2.45) is 5.41 Å². The van der Waals surface area contributed by atoms with Crippen molar-refractivity contribution < 1.29 is 57.2 Å². The number of rotatable bonds is 32. The zero-order valence-corrected chi connectivity index (χ0v) is 45.5. The molecule has 0 bridgehead atoms. The van der Waals surface area contributed by atoms with Crippen molar-refractivity contribution >= 4 is 63.4 Å². The fourth-order valence-electron chi connectivity index (χ4n) is 6.32. The van der Waals surface area contributed by atoms with Gasteiger partial charge in [0.25, 0.3) is 5.91 Å². The Labute approximate surface area is 449 Å². The summed E-state index contributed by atoms with van der Waals surface area (Å²) in [4.78, 5) is 95.8. The third-order valence-electron chi connectivity index (χ3n) is 10.1. The number of carbonyl (C=O) groups excluding carboxylic acids is 7. The lowest BCUT2D eigenvalue weighted by Crippen LogP contribution is -2.49. The van der Waals surface area contributed by atoms with Crippen molar-refractivity contribution in [3.05, 3.63) is 151 Å². The highest BCUT2D eigenvalue weighted by Gasteiger charge is 2.40. The minimum absolute atomic E-state index is 0.0893. The van der Waals surface area contributed by atoms with Crippen molar-refractivity contribution in [2.75, 3.05) is 37.7 Å². The highest BCUT2D eigenvalue weighted by molar-refractivity contribution is 8.76. The van der Waals surface area contributed by atoms with Gasteiger partial charge in [-0.3, -0.25) is 19.4 Å². The molecule has 404 valence electrons. The molecule has 3 aromatic rings. The van der Waals surface area contributed by atoms with Crippen LogP contribution in [0.2, 0.25) is 0 Å². The minimum Gasteiger partial charge on any atom is -0.465 e. The van der Waals surface area contributed by atoms with Crippen LogP contribution >= 0.6 is 21.6 Å². The normalized spacial score (nSPS) is 12.2. The number of hydrogen-bond donors (Lipinski definition) is 3. The molecule has 0 aliphatic carbocycles. The van der Waals surface area contributed by atoms with E-state index in [9.17, 15) is 33.6 Å². The van der Waals surface area contributed by atoms with Crippen LogP contribution in [-0.2, 0) is 28.6 Å². The second-order valence-corrected chi connectivity index (χ2v) is 20.9. The molecule has 1 aromatic heterocycles. The lowest BCUT2D eigenvalue weighted by atomic mass is 9.86. The second-order valence-electron chi connectivity index (χ2n) is 18.2. The first kappa shape index (κ1) is 62.4. The maximum absolute atomic E-state index is 14.0. The van der Waals surface area contributed by atoms with Gasteiger partial charge in [0.2, 0.25) is 5.91 Å². The van der Waals surface area contributed by atoms with Crippen LogP contribution in [0.15, 0.2) is 134 Å². The molecule has 3 N–H and O–H groups in total. The van der Waals surface area contributed by atoms with E-state index in [1.165, 1.54) is 76.4 Å². The monoisotopic (exact) mass is 1070 g/mol. The van der Waals surface area contributed by atoms with E-state index in [1.807, 2.05) is 24.3 Å². The molecular formula is C57H72N4O12S2. The van der Waals surface area contributed by atoms with E-state index >= 15 is 0 Å². The number of benzene rings is 2. The Morgan fingerprint density at radius 2 is 1.23 bits per heavy atom. The molecule has 0 aliphatic rings. The molecule has 3 amide bonds. The highest BCUT2D eigenvalue weighted by Crippen LogP contribution is 2.29. The van der Waals surface area contributed by atoms with E-state index in [4.69, 9.17) is 23.7 Å². The number of unbranched alkanes of at least 4 members (excludes halogenated alkanes) is 1. The summed E-state index contributed by atoms with van der Waals surface area (Å²) >= 11 is 0. The molecular weight excluding hydrogens is 997 g/mol. The lowest BCUT2D eigenvalue weighted by Gasteiger charge is -2.32. The molecule has 3 rings (SSSR count). The summed E-state index contributed by atoms with van der Waals surface area (Å²) in [7, 11) is 3.05. The van der Waals surface area contributed by atoms with Gasteiger partial charge in [-0.1, -0.05) is 127 Å². The molecule has 0 spiro atoms. The third-order valence-corrected chi connectivity index (χ3v) is 12.5. The molecule has 0 unspecified atom stereocenters. The van der Waals surface area contributed by atoms with E-state index < -0.39 is 53.0 Å². The molecule has 2 aromatic carbocycles. The first-order chi connectivity index (χ1) is 36.0. The van der Waals surface area contributed by atoms with Gasteiger partial charge in [-0.2, -0.15) is 0 Å².